The second-order valence-corrected chi connectivity index (χ2v) is 11.0. The van der Waals surface area contributed by atoms with Gasteiger partial charge in [0.05, 0.1) is 5.52 Å². The number of fused-ring (bicyclic) bond motifs is 2. The maximum Gasteiger partial charge on any atom is 0.225 e. The standard InChI is InChI=1S/C34H38N6/c1-40(2)33-30-15-7-8-16-32(30)38-34(39-33)37-28-20-18-27(19-21-28)35-22-25-11-3-4-12-26(25)23-36-31-17-9-13-24-10-5-6-14-29(24)31/h3-17,27-28,35-36H,18-23H2,1-2H3,(H,37,38,39)/t27-,28+. The first-order valence-electron chi connectivity index (χ1n) is 14.4. The van der Waals surface area contributed by atoms with Crippen LogP contribution < -0.4 is 20.9 Å². The molecule has 0 atom stereocenters. The number of hydrogen-bond donors (Lipinski definition) is 3. The van der Waals surface area contributed by atoms with Gasteiger partial charge >= 0.3 is 0 Å². The number of nitrogens with one attached hydrogen (secondary N) is 3. The molecule has 0 aliphatic heterocycles. The Morgan fingerprint density at radius 2 is 1.32 bits per heavy atom. The van der Waals surface area contributed by atoms with E-state index in [4.69, 9.17) is 9.97 Å². The summed E-state index contributed by atoms with van der Waals surface area (Å²) in [7, 11) is 4.07. The van der Waals surface area contributed by atoms with Crippen molar-refractivity contribution in [2.45, 2.75) is 50.9 Å². The van der Waals surface area contributed by atoms with E-state index in [0.29, 0.717) is 12.1 Å². The first-order chi connectivity index (χ1) is 19.6. The highest BCUT2D eigenvalue weighted by Gasteiger charge is 2.22. The van der Waals surface area contributed by atoms with Crippen molar-refractivity contribution >= 4 is 39.1 Å². The van der Waals surface area contributed by atoms with Crippen LogP contribution in [0.3, 0.4) is 0 Å². The van der Waals surface area contributed by atoms with Gasteiger partial charge in [-0.2, -0.15) is 4.98 Å². The monoisotopic (exact) mass is 530 g/mol. The SMILES string of the molecule is CN(C)c1nc(N[C@H]2CC[C@@H](NCc3ccccc3CNc3cccc4ccccc34)CC2)nc2ccccc12. The van der Waals surface area contributed by atoms with Crippen molar-refractivity contribution in [2.24, 2.45) is 0 Å². The zero-order valence-corrected chi connectivity index (χ0v) is 23.4. The van der Waals surface area contributed by atoms with E-state index in [9.17, 15) is 0 Å². The van der Waals surface area contributed by atoms with E-state index in [0.717, 1.165) is 61.4 Å². The van der Waals surface area contributed by atoms with Gasteiger partial charge in [-0.15, -0.1) is 0 Å². The molecular formula is C34H38N6. The minimum absolute atomic E-state index is 0.395. The average Bonchev–Trinajstić information content (AvgIpc) is 2.99. The second kappa shape index (κ2) is 11.9. The fraction of sp³-hybridized carbons (Fsp3) is 0.294. The van der Waals surface area contributed by atoms with E-state index < -0.39 is 0 Å². The van der Waals surface area contributed by atoms with Crippen molar-refractivity contribution in [3.8, 4) is 0 Å². The highest BCUT2D eigenvalue weighted by molar-refractivity contribution is 5.93. The molecule has 40 heavy (non-hydrogen) atoms. The fourth-order valence-electron chi connectivity index (χ4n) is 5.82. The summed E-state index contributed by atoms with van der Waals surface area (Å²) in [6.45, 7) is 1.69. The minimum Gasteiger partial charge on any atom is -0.380 e. The fourth-order valence-corrected chi connectivity index (χ4v) is 5.82. The average molecular weight is 531 g/mol. The Morgan fingerprint density at radius 3 is 2.12 bits per heavy atom. The molecule has 0 radical (unpaired) electrons. The third-order valence-electron chi connectivity index (χ3n) is 8.03. The Hall–Kier alpha value is -4.16. The van der Waals surface area contributed by atoms with E-state index >= 15 is 0 Å². The van der Waals surface area contributed by atoms with Gasteiger partial charge in [0.25, 0.3) is 0 Å². The van der Waals surface area contributed by atoms with Crippen molar-refractivity contribution < 1.29 is 0 Å². The lowest BCUT2D eigenvalue weighted by Crippen LogP contribution is -2.37. The molecule has 0 bridgehead atoms. The molecule has 0 spiro atoms. The molecule has 4 aromatic carbocycles. The van der Waals surface area contributed by atoms with Crippen LogP contribution in [0.1, 0.15) is 36.8 Å². The highest BCUT2D eigenvalue weighted by atomic mass is 15.2. The largest absolute Gasteiger partial charge is 0.380 e. The number of rotatable bonds is 9. The summed E-state index contributed by atoms with van der Waals surface area (Å²) in [5.41, 5.74) is 4.85. The van der Waals surface area contributed by atoms with Crippen molar-refractivity contribution in [3.63, 3.8) is 0 Å². The summed E-state index contributed by atoms with van der Waals surface area (Å²) < 4.78 is 0. The first-order valence-corrected chi connectivity index (χ1v) is 14.4. The Bertz CT molecular complexity index is 1580. The smallest absolute Gasteiger partial charge is 0.225 e. The van der Waals surface area contributed by atoms with Gasteiger partial charge in [0.2, 0.25) is 5.95 Å². The molecule has 6 heteroatoms. The number of benzene rings is 4. The lowest BCUT2D eigenvalue weighted by Gasteiger charge is -2.30. The van der Waals surface area contributed by atoms with Gasteiger partial charge in [-0.25, -0.2) is 4.98 Å². The first kappa shape index (κ1) is 26.1. The summed E-state index contributed by atoms with van der Waals surface area (Å²) in [4.78, 5) is 11.7. The van der Waals surface area contributed by atoms with Crippen LogP contribution in [0.5, 0.6) is 0 Å². The number of para-hydroxylation sites is 1. The Kier molecular flexibility index (Phi) is 7.78. The lowest BCUT2D eigenvalue weighted by molar-refractivity contribution is 0.352. The summed E-state index contributed by atoms with van der Waals surface area (Å²) >= 11 is 0. The molecule has 6 rings (SSSR count). The van der Waals surface area contributed by atoms with E-state index in [1.807, 2.05) is 26.2 Å². The zero-order valence-electron chi connectivity index (χ0n) is 23.4. The van der Waals surface area contributed by atoms with Crippen molar-refractivity contribution in [3.05, 3.63) is 102 Å². The van der Waals surface area contributed by atoms with Crippen LogP contribution in [-0.4, -0.2) is 36.1 Å². The van der Waals surface area contributed by atoms with Crippen molar-refractivity contribution in [1.82, 2.24) is 15.3 Å². The van der Waals surface area contributed by atoms with Crippen LogP contribution >= 0.6 is 0 Å². The van der Waals surface area contributed by atoms with E-state index in [1.165, 1.54) is 27.6 Å². The molecule has 1 aliphatic rings. The quantitative estimate of drug-likeness (QED) is 0.191. The van der Waals surface area contributed by atoms with Gasteiger partial charge in [0, 0.05) is 55.7 Å². The molecule has 0 amide bonds. The van der Waals surface area contributed by atoms with Gasteiger partial charge in [-0.05, 0) is 60.4 Å². The molecule has 1 aromatic heterocycles. The summed E-state index contributed by atoms with van der Waals surface area (Å²) in [6, 6.07) is 32.9. The molecule has 1 saturated carbocycles. The predicted molar refractivity (Wildman–Crippen MR) is 168 cm³/mol. The molecule has 0 saturated heterocycles. The van der Waals surface area contributed by atoms with Crippen LogP contribution in [0.2, 0.25) is 0 Å². The minimum atomic E-state index is 0.395. The normalized spacial score (nSPS) is 17.1. The third-order valence-corrected chi connectivity index (χ3v) is 8.03. The molecule has 3 N–H and O–H groups in total. The summed E-state index contributed by atoms with van der Waals surface area (Å²) in [5, 5.41) is 14.8. The Balaban J connectivity index is 1.04. The van der Waals surface area contributed by atoms with Crippen molar-refractivity contribution in [2.75, 3.05) is 29.6 Å². The van der Waals surface area contributed by atoms with Crippen LogP contribution in [0.4, 0.5) is 17.5 Å². The third kappa shape index (κ3) is 5.87. The van der Waals surface area contributed by atoms with Crippen molar-refractivity contribution in [1.29, 1.82) is 0 Å². The van der Waals surface area contributed by atoms with Gasteiger partial charge in [0.1, 0.15) is 5.82 Å². The molecule has 1 fully saturated rings. The maximum absolute atomic E-state index is 4.84. The van der Waals surface area contributed by atoms with E-state index in [2.05, 4.69) is 99.7 Å². The van der Waals surface area contributed by atoms with Gasteiger partial charge in [-0.1, -0.05) is 72.8 Å². The molecular weight excluding hydrogens is 492 g/mol. The Morgan fingerprint density at radius 1 is 0.675 bits per heavy atom. The Labute approximate surface area is 236 Å². The maximum atomic E-state index is 4.84. The van der Waals surface area contributed by atoms with Crippen LogP contribution in [0, 0.1) is 0 Å². The topological polar surface area (TPSA) is 65.1 Å². The number of hydrogen-bond acceptors (Lipinski definition) is 6. The molecule has 1 aliphatic carbocycles. The molecule has 5 aromatic rings. The van der Waals surface area contributed by atoms with E-state index in [-0.39, 0.29) is 0 Å². The van der Waals surface area contributed by atoms with Gasteiger partial charge < -0.3 is 20.9 Å². The molecule has 0 unspecified atom stereocenters. The summed E-state index contributed by atoms with van der Waals surface area (Å²) in [5.74, 6) is 1.68. The van der Waals surface area contributed by atoms with Gasteiger partial charge in [0.15, 0.2) is 0 Å². The molecule has 1 heterocycles. The second-order valence-electron chi connectivity index (χ2n) is 11.0. The summed E-state index contributed by atoms with van der Waals surface area (Å²) in [6.07, 6.45) is 4.50. The van der Waals surface area contributed by atoms with Crippen LogP contribution in [0.15, 0.2) is 91.0 Å². The number of nitrogens with zero attached hydrogens (tertiary/aromatic N) is 3. The molecule has 204 valence electrons. The van der Waals surface area contributed by atoms with E-state index in [1.54, 1.807) is 0 Å². The van der Waals surface area contributed by atoms with Crippen LogP contribution in [0.25, 0.3) is 21.7 Å². The van der Waals surface area contributed by atoms with Crippen LogP contribution in [-0.2, 0) is 13.1 Å². The zero-order chi connectivity index (χ0) is 27.3. The highest BCUT2D eigenvalue weighted by Crippen LogP contribution is 2.27. The number of anilines is 3. The van der Waals surface area contributed by atoms with Gasteiger partial charge in [-0.3, -0.25) is 0 Å². The number of aromatic nitrogens is 2. The predicted octanol–water partition coefficient (Wildman–Crippen LogP) is 6.97. The lowest BCUT2D eigenvalue weighted by atomic mass is 9.91. The molecule has 6 nitrogen and oxygen atoms in total.